The third-order valence-electron chi connectivity index (χ3n) is 7.84. The Morgan fingerprint density at radius 2 is 0.472 bits per heavy atom. The molecule has 0 aromatic carbocycles. The Bertz CT molecular complexity index is 358. The van der Waals surface area contributed by atoms with Gasteiger partial charge in [0, 0.05) is 13.2 Å². The van der Waals surface area contributed by atoms with Crippen LogP contribution in [-0.4, -0.2) is 55.1 Å². The first-order valence-electron chi connectivity index (χ1n) is 16.2. The van der Waals surface area contributed by atoms with E-state index in [-0.39, 0.29) is 17.0 Å². The van der Waals surface area contributed by atoms with Crippen molar-refractivity contribution in [3.63, 3.8) is 0 Å². The predicted octanol–water partition coefficient (Wildman–Crippen LogP) is 6.19. The molecule has 0 radical (unpaired) electrons. The lowest BCUT2D eigenvalue weighted by Crippen LogP contribution is -3.00. The van der Waals surface area contributed by atoms with Gasteiger partial charge in [0.1, 0.15) is 0 Å². The van der Waals surface area contributed by atoms with Gasteiger partial charge < -0.3 is 31.7 Å². The minimum Gasteiger partial charge on any atom is -1.00 e. The van der Waals surface area contributed by atoms with E-state index in [1.54, 1.807) is 0 Å². The number of hydrogen-bond acceptors (Lipinski definition) is 2. The molecule has 2 N–H and O–H groups in total. The highest BCUT2D eigenvalue weighted by Crippen LogP contribution is 2.15. The smallest absolute Gasteiger partial charge is 0.0782 e. The minimum atomic E-state index is 0. The molecular formula is C32H68BrNO2. The highest BCUT2D eigenvalue weighted by molar-refractivity contribution is 4.51. The molecule has 0 aliphatic carbocycles. The van der Waals surface area contributed by atoms with Gasteiger partial charge in [-0.2, -0.15) is 0 Å². The molecule has 0 amide bonds. The second-order valence-electron chi connectivity index (χ2n) is 12.0. The number of aliphatic hydroxyl groups excluding tert-OH is 2. The van der Waals surface area contributed by atoms with Crippen molar-refractivity contribution >= 4 is 0 Å². The summed E-state index contributed by atoms with van der Waals surface area (Å²) in [4.78, 5) is 0. The molecule has 36 heavy (non-hydrogen) atoms. The first kappa shape index (κ1) is 38.5. The standard InChI is InChI=1S/C32H68NO2.BrH/c1-33(2,29-25-21-17-13-9-5-3-7-11-15-19-23-27-31-34)30-26-22-18-14-10-6-4-8-12-16-20-24-28-32-35;/h34-35H,3-32H2,1-2H3;1H/q+1;/p-1. The summed E-state index contributed by atoms with van der Waals surface area (Å²) in [6.45, 7) is 3.45. The van der Waals surface area contributed by atoms with Gasteiger partial charge in [-0.15, -0.1) is 0 Å². The van der Waals surface area contributed by atoms with Crippen molar-refractivity contribution < 1.29 is 31.7 Å². The molecule has 0 saturated heterocycles. The van der Waals surface area contributed by atoms with Gasteiger partial charge in [-0.05, 0) is 38.5 Å². The Morgan fingerprint density at radius 1 is 0.306 bits per heavy atom. The number of quaternary nitrogens is 1. The molecule has 4 heteroatoms. The molecule has 0 aliphatic heterocycles. The van der Waals surface area contributed by atoms with Crippen molar-refractivity contribution in [3.05, 3.63) is 0 Å². The van der Waals surface area contributed by atoms with E-state index in [1.165, 1.54) is 172 Å². The predicted molar refractivity (Wildman–Crippen MR) is 156 cm³/mol. The summed E-state index contributed by atoms with van der Waals surface area (Å²) in [6, 6.07) is 0. The highest BCUT2D eigenvalue weighted by Gasteiger charge is 2.13. The fraction of sp³-hybridized carbons (Fsp3) is 1.00. The lowest BCUT2D eigenvalue weighted by atomic mass is 10.0. The largest absolute Gasteiger partial charge is 1.00 e. The number of halogens is 1. The molecule has 0 bridgehead atoms. The fourth-order valence-electron chi connectivity index (χ4n) is 5.30. The number of hydrogen-bond donors (Lipinski definition) is 2. The number of rotatable bonds is 30. The van der Waals surface area contributed by atoms with Gasteiger partial charge in [-0.3, -0.25) is 0 Å². The summed E-state index contributed by atoms with van der Waals surface area (Å²) in [6.07, 6.45) is 35.4. The van der Waals surface area contributed by atoms with Crippen LogP contribution < -0.4 is 17.0 Å². The van der Waals surface area contributed by atoms with Gasteiger partial charge in [0.2, 0.25) is 0 Å². The van der Waals surface area contributed by atoms with Gasteiger partial charge in [-0.1, -0.05) is 128 Å². The monoisotopic (exact) mass is 577 g/mol. The molecule has 0 rings (SSSR count). The average Bonchev–Trinajstić information content (AvgIpc) is 2.84. The Hall–Kier alpha value is 0.360. The lowest BCUT2D eigenvalue weighted by molar-refractivity contribution is -0.890. The molecule has 0 spiro atoms. The molecule has 0 atom stereocenters. The average molecular weight is 579 g/mol. The Kier molecular flexibility index (Phi) is 33.8. The van der Waals surface area contributed by atoms with E-state index < -0.39 is 0 Å². The van der Waals surface area contributed by atoms with Crippen LogP contribution in [0.1, 0.15) is 167 Å². The van der Waals surface area contributed by atoms with E-state index in [9.17, 15) is 0 Å². The van der Waals surface area contributed by atoms with Crippen molar-refractivity contribution in [3.8, 4) is 0 Å². The van der Waals surface area contributed by atoms with Crippen molar-refractivity contribution in [1.82, 2.24) is 0 Å². The maximum Gasteiger partial charge on any atom is 0.0782 e. The van der Waals surface area contributed by atoms with Crippen molar-refractivity contribution in [2.75, 3.05) is 40.4 Å². The topological polar surface area (TPSA) is 40.5 Å². The third kappa shape index (κ3) is 32.4. The van der Waals surface area contributed by atoms with Crippen LogP contribution in [-0.2, 0) is 0 Å². The van der Waals surface area contributed by atoms with Crippen molar-refractivity contribution in [2.24, 2.45) is 0 Å². The van der Waals surface area contributed by atoms with Crippen molar-refractivity contribution in [2.45, 2.75) is 167 Å². The van der Waals surface area contributed by atoms with Gasteiger partial charge in [0.15, 0.2) is 0 Å². The maximum atomic E-state index is 8.79. The SMILES string of the molecule is C[N+](C)(CCCCCCCCCCCCCCCO)CCCCCCCCCCCCCCCO.[Br-]. The second kappa shape index (κ2) is 31.6. The summed E-state index contributed by atoms with van der Waals surface area (Å²) in [5.41, 5.74) is 0. The number of unbranched alkanes of at least 4 members (excludes halogenated alkanes) is 24. The van der Waals surface area contributed by atoms with Crippen LogP contribution in [0.4, 0.5) is 0 Å². The number of nitrogens with zero attached hydrogens (tertiary/aromatic N) is 1. The molecule has 0 aromatic heterocycles. The van der Waals surface area contributed by atoms with Crippen LogP contribution in [0, 0.1) is 0 Å². The third-order valence-corrected chi connectivity index (χ3v) is 7.84. The van der Waals surface area contributed by atoms with Crippen LogP contribution in [0.2, 0.25) is 0 Å². The lowest BCUT2D eigenvalue weighted by Gasteiger charge is -2.30. The van der Waals surface area contributed by atoms with Crippen LogP contribution in [0.15, 0.2) is 0 Å². The molecule has 0 aliphatic rings. The molecule has 0 saturated carbocycles. The van der Waals surface area contributed by atoms with Gasteiger partial charge in [-0.25, -0.2) is 0 Å². The molecular weight excluding hydrogens is 510 g/mol. The first-order valence-corrected chi connectivity index (χ1v) is 16.2. The van der Waals surface area contributed by atoms with E-state index in [1.807, 2.05) is 0 Å². The summed E-state index contributed by atoms with van der Waals surface area (Å²) in [7, 11) is 4.88. The Morgan fingerprint density at radius 3 is 0.667 bits per heavy atom. The summed E-state index contributed by atoms with van der Waals surface area (Å²) >= 11 is 0. The van der Waals surface area contributed by atoms with Gasteiger partial charge >= 0.3 is 0 Å². The van der Waals surface area contributed by atoms with E-state index >= 15 is 0 Å². The van der Waals surface area contributed by atoms with E-state index in [4.69, 9.17) is 10.2 Å². The Labute approximate surface area is 238 Å². The van der Waals surface area contributed by atoms with Crippen LogP contribution in [0.25, 0.3) is 0 Å². The van der Waals surface area contributed by atoms with Crippen LogP contribution in [0.5, 0.6) is 0 Å². The number of aliphatic hydroxyl groups is 2. The van der Waals surface area contributed by atoms with E-state index in [0.717, 1.165) is 12.8 Å². The van der Waals surface area contributed by atoms with Gasteiger partial charge in [0.05, 0.1) is 27.2 Å². The fourth-order valence-corrected chi connectivity index (χ4v) is 5.30. The summed E-state index contributed by atoms with van der Waals surface area (Å²) in [5.74, 6) is 0. The molecule has 0 aromatic rings. The zero-order valence-corrected chi connectivity index (χ0v) is 26.5. The molecule has 220 valence electrons. The van der Waals surface area contributed by atoms with Gasteiger partial charge in [0.25, 0.3) is 0 Å². The maximum absolute atomic E-state index is 8.79. The normalized spacial score (nSPS) is 11.7. The summed E-state index contributed by atoms with van der Waals surface area (Å²) < 4.78 is 1.22. The van der Waals surface area contributed by atoms with Crippen LogP contribution >= 0.6 is 0 Å². The highest BCUT2D eigenvalue weighted by atomic mass is 79.9. The zero-order chi connectivity index (χ0) is 25.7. The summed E-state index contributed by atoms with van der Waals surface area (Å²) in [5, 5.41) is 17.6. The first-order chi connectivity index (χ1) is 17.1. The molecule has 3 nitrogen and oxygen atoms in total. The molecule has 0 heterocycles. The zero-order valence-electron chi connectivity index (χ0n) is 24.9. The minimum absolute atomic E-state index is 0. The molecule has 0 fully saturated rings. The second-order valence-corrected chi connectivity index (χ2v) is 12.0. The van der Waals surface area contributed by atoms with E-state index in [0.29, 0.717) is 13.2 Å². The van der Waals surface area contributed by atoms with Crippen molar-refractivity contribution in [1.29, 1.82) is 0 Å². The molecule has 0 unspecified atom stereocenters. The van der Waals surface area contributed by atoms with E-state index in [2.05, 4.69) is 14.1 Å². The quantitative estimate of drug-likeness (QED) is 0.0788. The van der Waals surface area contributed by atoms with Crippen LogP contribution in [0.3, 0.4) is 0 Å². The Balaban J connectivity index is 0.